The first-order chi connectivity index (χ1) is 9.93. The molecule has 0 aliphatic carbocycles. The molecular formula is C16H24N2O3. The second-order valence-corrected chi connectivity index (χ2v) is 5.45. The Kier molecular flexibility index (Phi) is 6.72. The minimum Gasteiger partial charge on any atom is -0.464 e. The van der Waals surface area contributed by atoms with Crippen molar-refractivity contribution in [2.24, 2.45) is 5.92 Å². The summed E-state index contributed by atoms with van der Waals surface area (Å²) in [5.74, 6) is -0.403. The number of nitrogens with two attached hydrogens (primary N) is 1. The molecule has 3 N–H and O–H groups in total. The topological polar surface area (TPSA) is 81.4 Å². The lowest BCUT2D eigenvalue weighted by molar-refractivity contribution is -0.146. The number of hydrogen-bond donors (Lipinski definition) is 2. The molecule has 1 rings (SSSR count). The Morgan fingerprint density at radius 1 is 1.24 bits per heavy atom. The maximum atomic E-state index is 12.2. The number of rotatable bonds is 7. The van der Waals surface area contributed by atoms with E-state index >= 15 is 0 Å². The van der Waals surface area contributed by atoms with Crippen molar-refractivity contribution in [3.05, 3.63) is 29.8 Å². The van der Waals surface area contributed by atoms with Crippen LogP contribution < -0.4 is 11.1 Å². The summed E-state index contributed by atoms with van der Waals surface area (Å²) in [6.45, 7) is 6.29. The highest BCUT2D eigenvalue weighted by molar-refractivity contribution is 5.97. The van der Waals surface area contributed by atoms with E-state index in [9.17, 15) is 9.59 Å². The van der Waals surface area contributed by atoms with Crippen molar-refractivity contribution in [2.45, 2.75) is 39.7 Å². The van der Waals surface area contributed by atoms with Gasteiger partial charge in [0.2, 0.25) is 0 Å². The van der Waals surface area contributed by atoms with Crippen molar-refractivity contribution >= 4 is 17.6 Å². The number of esters is 1. The van der Waals surface area contributed by atoms with Crippen molar-refractivity contribution < 1.29 is 14.3 Å². The van der Waals surface area contributed by atoms with E-state index in [1.165, 1.54) is 0 Å². The first-order valence-electron chi connectivity index (χ1n) is 7.27. The van der Waals surface area contributed by atoms with Gasteiger partial charge in [0.15, 0.2) is 0 Å². The highest BCUT2D eigenvalue weighted by atomic mass is 16.5. The highest BCUT2D eigenvalue weighted by Crippen LogP contribution is 2.10. The molecule has 0 heterocycles. The molecule has 1 aromatic rings. The van der Waals surface area contributed by atoms with Gasteiger partial charge < -0.3 is 15.8 Å². The summed E-state index contributed by atoms with van der Waals surface area (Å²) < 4.78 is 5.14. The second kappa shape index (κ2) is 8.29. The number of nitrogen functional groups attached to an aromatic ring is 1. The third-order valence-electron chi connectivity index (χ3n) is 2.92. The lowest BCUT2D eigenvalue weighted by Gasteiger charge is -2.19. The van der Waals surface area contributed by atoms with Gasteiger partial charge in [0.25, 0.3) is 5.91 Å². The number of amides is 1. The Balaban J connectivity index is 2.72. The predicted octanol–water partition coefficient (Wildman–Crippen LogP) is 2.37. The van der Waals surface area contributed by atoms with Crippen LogP contribution in [0.4, 0.5) is 5.69 Å². The molecule has 1 amide bonds. The molecule has 5 heteroatoms. The van der Waals surface area contributed by atoms with E-state index in [1.54, 1.807) is 24.3 Å². The standard InChI is InChI=1S/C16H24N2O3/c1-4-9-21-16(20)14(10-11(2)3)18-15(19)12-5-7-13(17)8-6-12/h5-8,11,14H,4,9-10,17H2,1-3H3,(H,18,19)/t14-/m0/s1. The molecule has 116 valence electrons. The fourth-order valence-electron chi connectivity index (χ4n) is 1.86. The summed E-state index contributed by atoms with van der Waals surface area (Å²) in [7, 11) is 0. The van der Waals surface area contributed by atoms with Crippen LogP contribution in [-0.4, -0.2) is 24.5 Å². The normalized spacial score (nSPS) is 12.0. The molecule has 1 aromatic carbocycles. The molecule has 0 unspecified atom stereocenters. The number of anilines is 1. The van der Waals surface area contributed by atoms with Gasteiger partial charge in [-0.15, -0.1) is 0 Å². The smallest absolute Gasteiger partial charge is 0.328 e. The van der Waals surface area contributed by atoms with Gasteiger partial charge in [-0.2, -0.15) is 0 Å². The molecule has 0 radical (unpaired) electrons. The number of benzene rings is 1. The minimum absolute atomic E-state index is 0.274. The van der Waals surface area contributed by atoms with E-state index < -0.39 is 6.04 Å². The monoisotopic (exact) mass is 292 g/mol. The predicted molar refractivity (Wildman–Crippen MR) is 82.8 cm³/mol. The quantitative estimate of drug-likeness (QED) is 0.597. The third kappa shape index (κ3) is 5.85. The lowest BCUT2D eigenvalue weighted by atomic mass is 10.0. The average Bonchev–Trinajstić information content (AvgIpc) is 2.44. The van der Waals surface area contributed by atoms with E-state index in [2.05, 4.69) is 5.32 Å². The van der Waals surface area contributed by atoms with Gasteiger partial charge in [-0.1, -0.05) is 20.8 Å². The van der Waals surface area contributed by atoms with Gasteiger partial charge in [0.1, 0.15) is 6.04 Å². The van der Waals surface area contributed by atoms with E-state index in [0.29, 0.717) is 24.3 Å². The summed E-state index contributed by atoms with van der Waals surface area (Å²) in [5, 5.41) is 2.74. The number of ether oxygens (including phenoxy) is 1. The third-order valence-corrected chi connectivity index (χ3v) is 2.92. The fraction of sp³-hybridized carbons (Fsp3) is 0.500. The molecule has 1 atom stereocenters. The summed E-state index contributed by atoms with van der Waals surface area (Å²) in [6.07, 6.45) is 1.30. The molecule has 5 nitrogen and oxygen atoms in total. The Bertz CT molecular complexity index is 469. The summed E-state index contributed by atoms with van der Waals surface area (Å²) in [4.78, 5) is 24.2. The molecule has 0 aliphatic rings. The van der Waals surface area contributed by atoms with Gasteiger partial charge in [-0.3, -0.25) is 4.79 Å². The zero-order valence-corrected chi connectivity index (χ0v) is 12.9. The SMILES string of the molecule is CCCOC(=O)[C@H](CC(C)C)NC(=O)c1ccc(N)cc1. The maximum absolute atomic E-state index is 12.2. The largest absolute Gasteiger partial charge is 0.464 e. The van der Waals surface area contributed by atoms with Gasteiger partial charge in [0.05, 0.1) is 6.61 Å². The van der Waals surface area contributed by atoms with Crippen LogP contribution in [0.5, 0.6) is 0 Å². The average molecular weight is 292 g/mol. The van der Waals surface area contributed by atoms with Crippen molar-refractivity contribution in [1.82, 2.24) is 5.32 Å². The lowest BCUT2D eigenvalue weighted by Crippen LogP contribution is -2.42. The Morgan fingerprint density at radius 3 is 2.38 bits per heavy atom. The van der Waals surface area contributed by atoms with Crippen LogP contribution in [0.3, 0.4) is 0 Å². The van der Waals surface area contributed by atoms with Gasteiger partial charge in [-0.05, 0) is 43.0 Å². The molecular weight excluding hydrogens is 268 g/mol. The zero-order chi connectivity index (χ0) is 15.8. The van der Waals surface area contributed by atoms with Crippen LogP contribution in [0.15, 0.2) is 24.3 Å². The number of nitrogens with one attached hydrogen (secondary N) is 1. The molecule has 0 aliphatic heterocycles. The van der Waals surface area contributed by atoms with Gasteiger partial charge in [0, 0.05) is 11.3 Å². The first kappa shape index (κ1) is 17.0. The van der Waals surface area contributed by atoms with E-state index in [-0.39, 0.29) is 17.8 Å². The minimum atomic E-state index is -0.624. The van der Waals surface area contributed by atoms with Crippen molar-refractivity contribution in [2.75, 3.05) is 12.3 Å². The summed E-state index contributed by atoms with van der Waals surface area (Å²) >= 11 is 0. The van der Waals surface area contributed by atoms with Crippen LogP contribution in [0, 0.1) is 5.92 Å². The van der Waals surface area contributed by atoms with Crippen LogP contribution in [0.2, 0.25) is 0 Å². The molecule has 0 bridgehead atoms. The number of carbonyl (C=O) groups is 2. The summed E-state index contributed by atoms with van der Waals surface area (Å²) in [5.41, 5.74) is 6.66. The first-order valence-corrected chi connectivity index (χ1v) is 7.27. The van der Waals surface area contributed by atoms with Crippen molar-refractivity contribution in [1.29, 1.82) is 0 Å². The van der Waals surface area contributed by atoms with Gasteiger partial charge >= 0.3 is 5.97 Å². The molecule has 0 aromatic heterocycles. The van der Waals surface area contributed by atoms with E-state index in [0.717, 1.165) is 6.42 Å². The van der Waals surface area contributed by atoms with Gasteiger partial charge in [-0.25, -0.2) is 4.79 Å². The van der Waals surface area contributed by atoms with Crippen molar-refractivity contribution in [3.63, 3.8) is 0 Å². The fourth-order valence-corrected chi connectivity index (χ4v) is 1.86. The van der Waals surface area contributed by atoms with Crippen LogP contribution in [0.25, 0.3) is 0 Å². The Labute approximate surface area is 125 Å². The zero-order valence-electron chi connectivity index (χ0n) is 12.9. The van der Waals surface area contributed by atoms with Crippen LogP contribution in [-0.2, 0) is 9.53 Å². The number of hydrogen-bond acceptors (Lipinski definition) is 4. The second-order valence-electron chi connectivity index (χ2n) is 5.45. The highest BCUT2D eigenvalue weighted by Gasteiger charge is 2.23. The Morgan fingerprint density at radius 2 is 1.86 bits per heavy atom. The van der Waals surface area contributed by atoms with Crippen LogP contribution in [0.1, 0.15) is 44.0 Å². The van der Waals surface area contributed by atoms with E-state index in [1.807, 2.05) is 20.8 Å². The number of carbonyl (C=O) groups excluding carboxylic acids is 2. The Hall–Kier alpha value is -2.04. The van der Waals surface area contributed by atoms with Crippen molar-refractivity contribution in [3.8, 4) is 0 Å². The molecule has 0 spiro atoms. The van der Waals surface area contributed by atoms with E-state index in [4.69, 9.17) is 10.5 Å². The molecule has 0 saturated heterocycles. The van der Waals surface area contributed by atoms with Crippen LogP contribution >= 0.6 is 0 Å². The molecule has 0 saturated carbocycles. The molecule has 0 fully saturated rings. The summed E-state index contributed by atoms with van der Waals surface area (Å²) in [6, 6.07) is 5.95. The molecule has 21 heavy (non-hydrogen) atoms. The maximum Gasteiger partial charge on any atom is 0.328 e.